The van der Waals surface area contributed by atoms with Gasteiger partial charge in [0, 0.05) is 39.8 Å². The Hall–Kier alpha value is -1.92. The fourth-order valence-corrected chi connectivity index (χ4v) is 4.48. The predicted octanol–water partition coefficient (Wildman–Crippen LogP) is 1.95. The van der Waals surface area contributed by atoms with Gasteiger partial charge in [0.05, 0.1) is 23.5 Å². The summed E-state index contributed by atoms with van der Waals surface area (Å²) in [4.78, 5) is 24.7. The van der Waals surface area contributed by atoms with E-state index in [-0.39, 0.29) is 5.92 Å². The minimum Gasteiger partial charge on any atom is -0.340 e. The molecule has 0 unspecified atom stereocenters. The number of para-hydroxylation sites is 2. The van der Waals surface area contributed by atoms with Crippen molar-refractivity contribution in [2.45, 2.75) is 26.3 Å². The van der Waals surface area contributed by atoms with Gasteiger partial charge in [-0.15, -0.1) is 0 Å². The van der Waals surface area contributed by atoms with Crippen molar-refractivity contribution >= 4 is 16.9 Å². The van der Waals surface area contributed by atoms with Crippen LogP contribution in [0.2, 0.25) is 0 Å². The number of aromatic nitrogens is 2. The largest absolute Gasteiger partial charge is 0.340 e. The normalized spacial score (nSPS) is 22.4. The van der Waals surface area contributed by atoms with E-state index in [0.717, 1.165) is 76.5 Å². The summed E-state index contributed by atoms with van der Waals surface area (Å²) in [6.07, 6.45) is 2.11. The van der Waals surface area contributed by atoms with Crippen molar-refractivity contribution in [2.75, 3.05) is 45.8 Å². The van der Waals surface area contributed by atoms with Gasteiger partial charge in [0.15, 0.2) is 0 Å². The highest BCUT2D eigenvalue weighted by atomic mass is 16.2. The number of nitrogens with zero attached hydrogens (tertiary/aromatic N) is 5. The fourth-order valence-electron chi connectivity index (χ4n) is 4.48. The van der Waals surface area contributed by atoms with Crippen molar-refractivity contribution < 1.29 is 4.79 Å². The highest BCUT2D eigenvalue weighted by molar-refractivity contribution is 5.79. The number of fused-ring (bicyclic) bond motifs is 1. The molecule has 0 bridgehead atoms. The molecule has 146 valence electrons. The molecular formula is C21H31N5O. The smallest absolute Gasteiger partial charge is 0.227 e. The molecule has 0 N–H and O–H groups in total. The van der Waals surface area contributed by atoms with E-state index in [1.807, 2.05) is 6.07 Å². The van der Waals surface area contributed by atoms with Gasteiger partial charge in [0.2, 0.25) is 5.91 Å². The molecule has 1 aromatic carbocycles. The summed E-state index contributed by atoms with van der Waals surface area (Å²) < 4.78 is 2.19. The van der Waals surface area contributed by atoms with Crippen LogP contribution in [0.25, 0.3) is 11.0 Å². The van der Waals surface area contributed by atoms with Crippen LogP contribution in [0.3, 0.4) is 0 Å². The molecule has 0 saturated carbocycles. The molecule has 0 aliphatic carbocycles. The van der Waals surface area contributed by atoms with Crippen LogP contribution in [0.15, 0.2) is 24.3 Å². The quantitative estimate of drug-likeness (QED) is 0.826. The maximum absolute atomic E-state index is 13.0. The zero-order valence-corrected chi connectivity index (χ0v) is 16.6. The third-order valence-corrected chi connectivity index (χ3v) is 6.23. The van der Waals surface area contributed by atoms with Crippen LogP contribution >= 0.6 is 0 Å². The lowest BCUT2D eigenvalue weighted by Gasteiger charge is -2.38. The molecule has 6 heteroatoms. The second kappa shape index (κ2) is 7.98. The Morgan fingerprint density at radius 2 is 1.89 bits per heavy atom. The number of benzene rings is 1. The van der Waals surface area contributed by atoms with E-state index in [9.17, 15) is 4.79 Å². The second-order valence-electron chi connectivity index (χ2n) is 7.91. The number of piperidine rings is 1. The molecule has 27 heavy (non-hydrogen) atoms. The first kappa shape index (κ1) is 18.4. The number of amides is 1. The molecule has 0 radical (unpaired) electrons. The first-order valence-electron chi connectivity index (χ1n) is 10.3. The highest BCUT2D eigenvalue weighted by Crippen LogP contribution is 2.22. The van der Waals surface area contributed by atoms with Gasteiger partial charge in [0.25, 0.3) is 0 Å². The summed E-state index contributed by atoms with van der Waals surface area (Å²) in [6.45, 7) is 9.79. The molecule has 2 fully saturated rings. The standard InChI is InChI=1S/C21H31N5O/c1-3-24-11-13-26(14-12-24)21(27)17-7-6-10-25(15-17)16-20-22-18-8-4-5-9-19(18)23(20)2/h4-5,8-9,17H,3,6-7,10-16H2,1-2H3/t17-/m1/s1. The Bertz CT molecular complexity index is 793. The van der Waals surface area contributed by atoms with Crippen molar-refractivity contribution in [3.05, 3.63) is 30.1 Å². The number of aryl methyl sites for hydroxylation is 1. The number of hydrogen-bond donors (Lipinski definition) is 0. The van der Waals surface area contributed by atoms with E-state index < -0.39 is 0 Å². The van der Waals surface area contributed by atoms with Gasteiger partial charge < -0.3 is 14.4 Å². The number of imidazole rings is 1. The minimum absolute atomic E-state index is 0.140. The number of rotatable bonds is 4. The summed E-state index contributed by atoms with van der Waals surface area (Å²) in [6, 6.07) is 8.27. The Morgan fingerprint density at radius 3 is 2.63 bits per heavy atom. The van der Waals surface area contributed by atoms with Gasteiger partial charge >= 0.3 is 0 Å². The first-order valence-corrected chi connectivity index (χ1v) is 10.3. The van der Waals surface area contributed by atoms with E-state index in [1.54, 1.807) is 0 Å². The van der Waals surface area contributed by atoms with Crippen molar-refractivity contribution in [2.24, 2.45) is 13.0 Å². The molecule has 2 aliphatic rings. The number of hydrogen-bond acceptors (Lipinski definition) is 4. The van der Waals surface area contributed by atoms with Crippen molar-refractivity contribution in [1.82, 2.24) is 24.3 Å². The molecule has 1 aromatic heterocycles. The van der Waals surface area contributed by atoms with E-state index in [1.165, 1.54) is 5.52 Å². The Kier molecular flexibility index (Phi) is 5.45. The van der Waals surface area contributed by atoms with Gasteiger partial charge in [-0.25, -0.2) is 4.98 Å². The molecule has 2 aliphatic heterocycles. The summed E-state index contributed by atoms with van der Waals surface area (Å²) in [5, 5.41) is 0. The Balaban J connectivity index is 1.39. The number of carbonyl (C=O) groups is 1. The Labute approximate surface area is 161 Å². The van der Waals surface area contributed by atoms with E-state index in [4.69, 9.17) is 4.98 Å². The van der Waals surface area contributed by atoms with Crippen LogP contribution in [0.1, 0.15) is 25.6 Å². The molecule has 6 nitrogen and oxygen atoms in total. The molecule has 2 saturated heterocycles. The van der Waals surface area contributed by atoms with Crippen LogP contribution in [0.5, 0.6) is 0 Å². The lowest BCUT2D eigenvalue weighted by molar-refractivity contribution is -0.139. The van der Waals surface area contributed by atoms with Crippen LogP contribution in [0, 0.1) is 5.92 Å². The van der Waals surface area contributed by atoms with Crippen LogP contribution in [-0.4, -0.2) is 76.0 Å². The molecule has 3 heterocycles. The number of carbonyl (C=O) groups excluding carboxylic acids is 1. The lowest BCUT2D eigenvalue weighted by Crippen LogP contribution is -2.52. The van der Waals surface area contributed by atoms with Crippen LogP contribution < -0.4 is 0 Å². The SMILES string of the molecule is CCN1CCN(C(=O)[C@@H]2CCCN(Cc3nc4ccccc4n3C)C2)CC1. The average Bonchev–Trinajstić information content (AvgIpc) is 3.03. The van der Waals surface area contributed by atoms with E-state index in [0.29, 0.717) is 5.91 Å². The lowest BCUT2D eigenvalue weighted by atomic mass is 9.96. The summed E-state index contributed by atoms with van der Waals surface area (Å²) in [5.41, 5.74) is 2.22. The average molecular weight is 370 g/mol. The first-order chi connectivity index (χ1) is 13.2. The minimum atomic E-state index is 0.140. The molecule has 1 amide bonds. The number of likely N-dealkylation sites (tertiary alicyclic amines) is 1. The van der Waals surface area contributed by atoms with Crippen molar-refractivity contribution in [1.29, 1.82) is 0 Å². The second-order valence-corrected chi connectivity index (χ2v) is 7.91. The summed E-state index contributed by atoms with van der Waals surface area (Å²) >= 11 is 0. The van der Waals surface area contributed by atoms with Gasteiger partial charge in [-0.1, -0.05) is 19.1 Å². The molecule has 0 spiro atoms. The van der Waals surface area contributed by atoms with Gasteiger partial charge in [-0.2, -0.15) is 0 Å². The maximum Gasteiger partial charge on any atom is 0.227 e. The van der Waals surface area contributed by atoms with Gasteiger partial charge in [-0.05, 0) is 38.1 Å². The number of piperazine rings is 1. The monoisotopic (exact) mass is 369 g/mol. The van der Waals surface area contributed by atoms with Gasteiger partial charge in [0.1, 0.15) is 5.82 Å². The number of likely N-dealkylation sites (N-methyl/N-ethyl adjacent to an activating group) is 1. The van der Waals surface area contributed by atoms with E-state index >= 15 is 0 Å². The van der Waals surface area contributed by atoms with Crippen molar-refractivity contribution in [3.63, 3.8) is 0 Å². The van der Waals surface area contributed by atoms with Gasteiger partial charge in [-0.3, -0.25) is 9.69 Å². The molecular weight excluding hydrogens is 338 g/mol. The Morgan fingerprint density at radius 1 is 1.11 bits per heavy atom. The van der Waals surface area contributed by atoms with Crippen LogP contribution in [-0.2, 0) is 18.4 Å². The summed E-state index contributed by atoms with van der Waals surface area (Å²) in [7, 11) is 2.09. The molecule has 2 aromatic rings. The van der Waals surface area contributed by atoms with Crippen LogP contribution in [0.4, 0.5) is 0 Å². The summed E-state index contributed by atoms with van der Waals surface area (Å²) in [5.74, 6) is 1.59. The predicted molar refractivity (Wildman–Crippen MR) is 107 cm³/mol. The third kappa shape index (κ3) is 3.87. The zero-order chi connectivity index (χ0) is 18.8. The van der Waals surface area contributed by atoms with Crippen molar-refractivity contribution in [3.8, 4) is 0 Å². The fraction of sp³-hybridized carbons (Fsp3) is 0.619. The maximum atomic E-state index is 13.0. The molecule has 1 atom stereocenters. The highest BCUT2D eigenvalue weighted by Gasteiger charge is 2.31. The van der Waals surface area contributed by atoms with E-state index in [2.05, 4.69) is 51.4 Å². The molecule has 4 rings (SSSR count). The zero-order valence-electron chi connectivity index (χ0n) is 16.6. The third-order valence-electron chi connectivity index (χ3n) is 6.23. The topological polar surface area (TPSA) is 44.6 Å².